The minimum atomic E-state index is 0.341. The number of nitrogens with zero attached hydrogens (tertiary/aromatic N) is 5. The maximum absolute atomic E-state index is 4.87. The van der Waals surface area contributed by atoms with Crippen LogP contribution in [-0.2, 0) is 0 Å². The van der Waals surface area contributed by atoms with Crippen molar-refractivity contribution in [3.8, 4) is 0 Å². The van der Waals surface area contributed by atoms with E-state index in [4.69, 9.17) is 4.98 Å². The highest BCUT2D eigenvalue weighted by Crippen LogP contribution is 2.33. The highest BCUT2D eigenvalue weighted by Gasteiger charge is 2.27. The Morgan fingerprint density at radius 3 is 1.60 bits per heavy atom. The Bertz CT molecular complexity index is 557. The molecule has 3 heterocycles. The maximum Gasteiger partial charge on any atom is 0.230 e. The summed E-state index contributed by atoms with van der Waals surface area (Å²) in [6.07, 6.45) is 2.32. The van der Waals surface area contributed by atoms with E-state index in [-0.39, 0.29) is 0 Å². The van der Waals surface area contributed by atoms with E-state index in [1.165, 1.54) is 0 Å². The quantitative estimate of drug-likeness (QED) is 0.775. The maximum atomic E-state index is 4.87. The van der Waals surface area contributed by atoms with Gasteiger partial charge in [0.1, 0.15) is 5.82 Å². The zero-order valence-electron chi connectivity index (χ0n) is 16.2. The van der Waals surface area contributed by atoms with Gasteiger partial charge in [0, 0.05) is 47.2 Å². The highest BCUT2D eigenvalue weighted by atomic mass is 32.2. The van der Waals surface area contributed by atoms with Gasteiger partial charge in [-0.15, -0.1) is 0 Å². The van der Waals surface area contributed by atoms with Crippen molar-refractivity contribution in [3.05, 3.63) is 5.82 Å². The van der Waals surface area contributed by atoms with Gasteiger partial charge in [-0.1, -0.05) is 27.7 Å². The molecule has 7 heteroatoms. The lowest BCUT2D eigenvalue weighted by molar-refractivity contribution is 0.622. The Morgan fingerprint density at radius 1 is 0.720 bits per heavy atom. The summed E-state index contributed by atoms with van der Waals surface area (Å²) in [5, 5.41) is 0. The summed E-state index contributed by atoms with van der Waals surface area (Å²) in [5.41, 5.74) is 0. The van der Waals surface area contributed by atoms with Gasteiger partial charge in [0.15, 0.2) is 0 Å². The van der Waals surface area contributed by atoms with Crippen molar-refractivity contribution in [1.82, 2.24) is 15.0 Å². The second-order valence-electron chi connectivity index (χ2n) is 8.17. The van der Waals surface area contributed by atoms with Crippen molar-refractivity contribution < 1.29 is 0 Å². The molecule has 140 valence electrons. The van der Waals surface area contributed by atoms with E-state index in [0.29, 0.717) is 9.49 Å². The summed E-state index contributed by atoms with van der Waals surface area (Å²) in [4.78, 5) is 18.9. The summed E-state index contributed by atoms with van der Waals surface area (Å²) in [6.45, 7) is 15.4. The zero-order chi connectivity index (χ0) is 18.1. The number of hydrogen-bond donors (Lipinski definition) is 0. The van der Waals surface area contributed by atoms with E-state index < -0.39 is 0 Å². The molecular weight excluding hydrogens is 350 g/mol. The third-order valence-electron chi connectivity index (χ3n) is 4.96. The van der Waals surface area contributed by atoms with Crippen LogP contribution in [-0.4, -0.2) is 62.1 Å². The number of thioether (sulfide) groups is 2. The molecule has 2 aliphatic heterocycles. The molecule has 2 fully saturated rings. The van der Waals surface area contributed by atoms with Gasteiger partial charge in [-0.05, 0) is 19.8 Å². The predicted octanol–water partition coefficient (Wildman–Crippen LogP) is 3.62. The fraction of sp³-hybridized carbons (Fsp3) is 0.833. The molecule has 0 atom stereocenters. The van der Waals surface area contributed by atoms with E-state index in [1.807, 2.05) is 6.92 Å². The average Bonchev–Trinajstić information content (AvgIpc) is 2.81. The van der Waals surface area contributed by atoms with Crippen molar-refractivity contribution in [1.29, 1.82) is 0 Å². The SMILES string of the molecule is Cc1nc(N2CCSC(C)(C)CC2)nc(N2CCSC(C)(C)CC2)n1. The number of aryl methyl sites for hydroxylation is 1. The van der Waals surface area contributed by atoms with Crippen molar-refractivity contribution in [2.75, 3.05) is 47.5 Å². The first-order valence-electron chi connectivity index (χ1n) is 9.25. The Labute approximate surface area is 160 Å². The Kier molecular flexibility index (Phi) is 5.73. The highest BCUT2D eigenvalue weighted by molar-refractivity contribution is 8.00. The van der Waals surface area contributed by atoms with Gasteiger partial charge in [0.05, 0.1) is 0 Å². The molecule has 2 saturated heterocycles. The van der Waals surface area contributed by atoms with Crippen molar-refractivity contribution in [2.24, 2.45) is 0 Å². The van der Waals surface area contributed by atoms with Gasteiger partial charge >= 0.3 is 0 Å². The Balaban J connectivity index is 1.78. The van der Waals surface area contributed by atoms with Crippen LogP contribution in [0.15, 0.2) is 0 Å². The van der Waals surface area contributed by atoms with E-state index >= 15 is 0 Å². The molecule has 0 aromatic carbocycles. The molecule has 5 nitrogen and oxygen atoms in total. The zero-order valence-corrected chi connectivity index (χ0v) is 17.8. The summed E-state index contributed by atoms with van der Waals surface area (Å²) >= 11 is 4.11. The molecule has 0 bridgehead atoms. The minimum absolute atomic E-state index is 0.341. The lowest BCUT2D eigenvalue weighted by Gasteiger charge is -2.25. The molecule has 0 aliphatic carbocycles. The van der Waals surface area contributed by atoms with Crippen LogP contribution in [0.4, 0.5) is 11.9 Å². The third kappa shape index (κ3) is 5.16. The lowest BCUT2D eigenvalue weighted by Crippen LogP contribution is -2.32. The number of rotatable bonds is 2. The first-order chi connectivity index (χ1) is 11.7. The molecular formula is C18H31N5S2. The van der Waals surface area contributed by atoms with Crippen LogP contribution in [0, 0.1) is 6.92 Å². The molecule has 3 rings (SSSR count). The second-order valence-corrected chi connectivity index (χ2v) is 11.8. The standard InChI is InChI=1S/C18H31N5S2/c1-14-19-15(22-8-6-17(2,3)24-12-10-22)21-16(20-14)23-9-7-18(4,5)25-13-11-23/h6-13H2,1-5H3. The van der Waals surface area contributed by atoms with Gasteiger partial charge in [-0.25, -0.2) is 0 Å². The number of hydrogen-bond acceptors (Lipinski definition) is 7. The van der Waals surface area contributed by atoms with E-state index in [9.17, 15) is 0 Å². The second kappa shape index (κ2) is 7.51. The summed E-state index contributed by atoms with van der Waals surface area (Å²) in [6, 6.07) is 0. The van der Waals surface area contributed by atoms with Crippen LogP contribution in [0.25, 0.3) is 0 Å². The van der Waals surface area contributed by atoms with Gasteiger partial charge in [0.25, 0.3) is 0 Å². The largest absolute Gasteiger partial charge is 0.340 e. The molecule has 0 spiro atoms. The topological polar surface area (TPSA) is 45.2 Å². The molecule has 1 aromatic heterocycles. The first-order valence-corrected chi connectivity index (χ1v) is 11.2. The van der Waals surface area contributed by atoms with Crippen LogP contribution in [0.5, 0.6) is 0 Å². The monoisotopic (exact) mass is 381 g/mol. The van der Waals surface area contributed by atoms with Crippen molar-refractivity contribution in [3.63, 3.8) is 0 Å². The smallest absolute Gasteiger partial charge is 0.230 e. The fourth-order valence-electron chi connectivity index (χ4n) is 3.18. The molecule has 1 aromatic rings. The molecule has 0 saturated carbocycles. The van der Waals surface area contributed by atoms with Crippen molar-refractivity contribution in [2.45, 2.75) is 57.0 Å². The minimum Gasteiger partial charge on any atom is -0.340 e. The van der Waals surface area contributed by atoms with Gasteiger partial charge in [0.2, 0.25) is 11.9 Å². The van der Waals surface area contributed by atoms with Crippen LogP contribution in [0.1, 0.15) is 46.4 Å². The first kappa shape index (κ1) is 19.1. The van der Waals surface area contributed by atoms with Crippen LogP contribution in [0.2, 0.25) is 0 Å². The predicted molar refractivity (Wildman–Crippen MR) is 111 cm³/mol. The van der Waals surface area contributed by atoms with E-state index in [2.05, 4.69) is 71.0 Å². The van der Waals surface area contributed by atoms with Gasteiger partial charge in [-0.3, -0.25) is 0 Å². The summed E-state index contributed by atoms with van der Waals surface area (Å²) < 4.78 is 0.681. The Hall–Kier alpha value is -0.690. The number of aromatic nitrogens is 3. The molecule has 0 radical (unpaired) electrons. The third-order valence-corrected chi connectivity index (χ3v) is 7.71. The molecule has 0 amide bonds. The van der Waals surface area contributed by atoms with E-state index in [1.54, 1.807) is 0 Å². The van der Waals surface area contributed by atoms with Gasteiger partial charge in [-0.2, -0.15) is 38.5 Å². The van der Waals surface area contributed by atoms with Crippen LogP contribution >= 0.6 is 23.5 Å². The number of anilines is 2. The van der Waals surface area contributed by atoms with E-state index in [0.717, 1.165) is 68.2 Å². The average molecular weight is 382 g/mol. The summed E-state index contributed by atoms with van der Waals surface area (Å²) in [7, 11) is 0. The molecule has 0 N–H and O–H groups in total. The molecule has 25 heavy (non-hydrogen) atoms. The molecule has 0 unspecified atom stereocenters. The Morgan fingerprint density at radius 2 is 1.16 bits per heavy atom. The summed E-state index contributed by atoms with van der Waals surface area (Å²) in [5.74, 6) is 4.80. The lowest BCUT2D eigenvalue weighted by atomic mass is 10.1. The van der Waals surface area contributed by atoms with Gasteiger partial charge < -0.3 is 9.80 Å². The molecule has 2 aliphatic rings. The normalized spacial score (nSPS) is 23.9. The van der Waals surface area contributed by atoms with Crippen LogP contribution in [0.3, 0.4) is 0 Å². The fourth-order valence-corrected chi connectivity index (χ4v) is 5.38. The van der Waals surface area contributed by atoms with Crippen LogP contribution < -0.4 is 9.80 Å². The van der Waals surface area contributed by atoms with Crippen molar-refractivity contribution >= 4 is 35.4 Å².